The maximum absolute atomic E-state index is 2.50. The van der Waals surface area contributed by atoms with Gasteiger partial charge in [0.1, 0.15) is 0 Å². The Morgan fingerprint density at radius 1 is 1.00 bits per heavy atom. The van der Waals surface area contributed by atoms with Gasteiger partial charge in [-0.05, 0) is 44.0 Å². The fourth-order valence-corrected chi connectivity index (χ4v) is 1.92. The molecule has 0 fully saturated rings. The summed E-state index contributed by atoms with van der Waals surface area (Å²) < 4.78 is 0. The van der Waals surface area contributed by atoms with E-state index in [1.54, 1.807) is 0 Å². The van der Waals surface area contributed by atoms with Crippen LogP contribution < -0.4 is 0 Å². The minimum absolute atomic E-state index is 1.21. The summed E-state index contributed by atoms with van der Waals surface area (Å²) in [6.45, 7) is 10.4. The summed E-state index contributed by atoms with van der Waals surface area (Å²) in [5, 5.41) is 0. The fourth-order valence-electron chi connectivity index (χ4n) is 1.22. The molecular weight excluding hydrogens is 166 g/mol. The highest BCUT2D eigenvalue weighted by Gasteiger charge is 1.97. The number of nitrogens with zero attached hydrogens (tertiary/aromatic N) is 1. The average Bonchev–Trinajstić information content (AvgIpc) is 2.11. The molecular formula is C10H23NS. The third-order valence-corrected chi connectivity index (χ3v) is 3.10. The van der Waals surface area contributed by atoms with Gasteiger partial charge < -0.3 is 4.90 Å². The lowest BCUT2D eigenvalue weighted by molar-refractivity contribution is 0.299. The number of hydrogen-bond donors (Lipinski definition) is 0. The number of hydrogen-bond acceptors (Lipinski definition) is 2. The van der Waals surface area contributed by atoms with Gasteiger partial charge in [-0.25, -0.2) is 0 Å². The zero-order valence-corrected chi connectivity index (χ0v) is 9.62. The number of unbranched alkanes of at least 4 members (excludes halogenated alkanes) is 1. The zero-order chi connectivity index (χ0) is 9.23. The minimum Gasteiger partial charge on any atom is -0.304 e. The van der Waals surface area contributed by atoms with Crippen LogP contribution in [0.3, 0.4) is 0 Å². The van der Waals surface area contributed by atoms with Crippen LogP contribution in [0.15, 0.2) is 0 Å². The molecule has 0 amide bonds. The lowest BCUT2D eigenvalue weighted by Crippen LogP contribution is -2.23. The van der Waals surface area contributed by atoms with Crippen molar-refractivity contribution in [3.63, 3.8) is 0 Å². The molecule has 0 spiro atoms. The predicted molar refractivity (Wildman–Crippen MR) is 60.0 cm³/mol. The summed E-state index contributed by atoms with van der Waals surface area (Å²) in [4.78, 5) is 2.50. The lowest BCUT2D eigenvalue weighted by atomic mass is 10.3. The first kappa shape index (κ1) is 12.3. The van der Waals surface area contributed by atoms with E-state index in [9.17, 15) is 0 Å². The van der Waals surface area contributed by atoms with E-state index < -0.39 is 0 Å². The normalized spacial score (nSPS) is 11.0. The standard InChI is InChI=1S/C10H23NS/c1-4-11(5-2)9-7-8-10-12-6-3/h4-10H2,1-3H3. The first-order chi connectivity index (χ1) is 5.85. The van der Waals surface area contributed by atoms with Crippen LogP contribution in [0.25, 0.3) is 0 Å². The molecule has 1 nitrogen and oxygen atoms in total. The third-order valence-electron chi connectivity index (χ3n) is 2.11. The Morgan fingerprint density at radius 3 is 2.17 bits per heavy atom. The van der Waals surface area contributed by atoms with Crippen molar-refractivity contribution in [3.8, 4) is 0 Å². The van der Waals surface area contributed by atoms with Crippen molar-refractivity contribution >= 4 is 11.8 Å². The second-order valence-corrected chi connectivity index (χ2v) is 4.32. The molecule has 74 valence electrons. The second-order valence-electron chi connectivity index (χ2n) is 2.93. The Bertz CT molecular complexity index is 81.9. The molecule has 0 aliphatic heterocycles. The molecule has 0 radical (unpaired) electrons. The Labute approximate surface area is 81.9 Å². The summed E-state index contributed by atoms with van der Waals surface area (Å²) >= 11 is 2.06. The quantitative estimate of drug-likeness (QED) is 0.540. The van der Waals surface area contributed by atoms with Crippen LogP contribution in [0.4, 0.5) is 0 Å². The van der Waals surface area contributed by atoms with Crippen LogP contribution >= 0.6 is 11.8 Å². The Kier molecular flexibility index (Phi) is 9.64. The van der Waals surface area contributed by atoms with Crippen molar-refractivity contribution in [1.82, 2.24) is 4.90 Å². The van der Waals surface area contributed by atoms with Crippen LogP contribution in [0, 0.1) is 0 Å². The molecule has 0 bridgehead atoms. The first-order valence-electron chi connectivity index (χ1n) is 5.15. The Hall–Kier alpha value is 0.310. The SMILES string of the molecule is CCSCCCCN(CC)CC. The summed E-state index contributed by atoms with van der Waals surface area (Å²) in [6, 6.07) is 0. The summed E-state index contributed by atoms with van der Waals surface area (Å²) in [7, 11) is 0. The molecule has 0 aliphatic rings. The lowest BCUT2D eigenvalue weighted by Gasteiger charge is -2.17. The molecule has 0 heterocycles. The highest BCUT2D eigenvalue weighted by molar-refractivity contribution is 7.99. The molecule has 12 heavy (non-hydrogen) atoms. The topological polar surface area (TPSA) is 3.24 Å². The molecule has 0 N–H and O–H groups in total. The van der Waals surface area contributed by atoms with Crippen LogP contribution in [-0.4, -0.2) is 36.0 Å². The van der Waals surface area contributed by atoms with Gasteiger partial charge in [0.05, 0.1) is 0 Å². The van der Waals surface area contributed by atoms with Gasteiger partial charge in [0.25, 0.3) is 0 Å². The smallest absolute Gasteiger partial charge is 0.00187 e. The van der Waals surface area contributed by atoms with E-state index in [2.05, 4.69) is 37.4 Å². The molecule has 0 aliphatic carbocycles. The van der Waals surface area contributed by atoms with Gasteiger partial charge in [-0.15, -0.1) is 0 Å². The van der Waals surface area contributed by atoms with Crippen LogP contribution in [0.2, 0.25) is 0 Å². The molecule has 0 aromatic rings. The van der Waals surface area contributed by atoms with Crippen molar-refractivity contribution in [2.45, 2.75) is 33.6 Å². The maximum Gasteiger partial charge on any atom is -0.00187 e. The van der Waals surface area contributed by atoms with E-state index in [0.29, 0.717) is 0 Å². The van der Waals surface area contributed by atoms with Crippen molar-refractivity contribution < 1.29 is 0 Å². The molecule has 0 aromatic heterocycles. The molecule has 0 rings (SSSR count). The van der Waals surface area contributed by atoms with Crippen LogP contribution in [0.5, 0.6) is 0 Å². The fraction of sp³-hybridized carbons (Fsp3) is 1.00. The Balaban J connectivity index is 3.06. The summed E-state index contributed by atoms with van der Waals surface area (Å²) in [5.41, 5.74) is 0. The van der Waals surface area contributed by atoms with Gasteiger partial charge in [0.15, 0.2) is 0 Å². The third kappa shape index (κ3) is 6.99. The van der Waals surface area contributed by atoms with E-state index in [-0.39, 0.29) is 0 Å². The second kappa shape index (κ2) is 9.40. The zero-order valence-electron chi connectivity index (χ0n) is 8.81. The van der Waals surface area contributed by atoms with Gasteiger partial charge in [-0.3, -0.25) is 0 Å². The summed E-state index contributed by atoms with van der Waals surface area (Å²) in [6.07, 6.45) is 2.75. The molecule has 0 unspecified atom stereocenters. The van der Waals surface area contributed by atoms with Crippen LogP contribution in [0.1, 0.15) is 33.6 Å². The minimum atomic E-state index is 1.21. The number of thioether (sulfide) groups is 1. The summed E-state index contributed by atoms with van der Waals surface area (Å²) in [5.74, 6) is 2.61. The van der Waals surface area contributed by atoms with Gasteiger partial charge in [0.2, 0.25) is 0 Å². The maximum atomic E-state index is 2.50. The van der Waals surface area contributed by atoms with E-state index in [1.165, 1.54) is 44.0 Å². The predicted octanol–water partition coefficient (Wildman–Crippen LogP) is 2.86. The van der Waals surface area contributed by atoms with Crippen molar-refractivity contribution in [1.29, 1.82) is 0 Å². The molecule has 0 saturated carbocycles. The van der Waals surface area contributed by atoms with Crippen molar-refractivity contribution in [2.75, 3.05) is 31.1 Å². The number of rotatable bonds is 8. The van der Waals surface area contributed by atoms with Gasteiger partial charge in [-0.2, -0.15) is 11.8 Å². The molecule has 2 heteroatoms. The van der Waals surface area contributed by atoms with Gasteiger partial charge >= 0.3 is 0 Å². The van der Waals surface area contributed by atoms with Crippen LogP contribution in [-0.2, 0) is 0 Å². The van der Waals surface area contributed by atoms with E-state index >= 15 is 0 Å². The van der Waals surface area contributed by atoms with E-state index in [1.807, 2.05) is 0 Å². The first-order valence-corrected chi connectivity index (χ1v) is 6.30. The van der Waals surface area contributed by atoms with Crippen molar-refractivity contribution in [2.24, 2.45) is 0 Å². The largest absolute Gasteiger partial charge is 0.304 e. The highest BCUT2D eigenvalue weighted by Crippen LogP contribution is 2.04. The van der Waals surface area contributed by atoms with E-state index in [0.717, 1.165) is 0 Å². The highest BCUT2D eigenvalue weighted by atomic mass is 32.2. The molecule has 0 saturated heterocycles. The molecule has 0 aromatic carbocycles. The average molecular weight is 189 g/mol. The monoisotopic (exact) mass is 189 g/mol. The van der Waals surface area contributed by atoms with Gasteiger partial charge in [0, 0.05) is 0 Å². The molecule has 0 atom stereocenters. The van der Waals surface area contributed by atoms with E-state index in [4.69, 9.17) is 0 Å². The van der Waals surface area contributed by atoms with Crippen molar-refractivity contribution in [3.05, 3.63) is 0 Å². The van der Waals surface area contributed by atoms with Gasteiger partial charge in [-0.1, -0.05) is 20.8 Å². The Morgan fingerprint density at radius 2 is 1.67 bits per heavy atom.